The van der Waals surface area contributed by atoms with Crippen LogP contribution in [0.2, 0.25) is 0 Å². The maximum absolute atomic E-state index is 5.25. The molecule has 0 saturated heterocycles. The molecular formula is C18H20N2OS. The molecule has 0 saturated carbocycles. The summed E-state index contributed by atoms with van der Waals surface area (Å²) >= 11 is 1.63. The fraction of sp³-hybridized carbons (Fsp3) is 0.278. The van der Waals surface area contributed by atoms with Gasteiger partial charge in [-0.2, -0.15) is 0 Å². The second-order valence-corrected chi connectivity index (χ2v) is 7.34. The van der Waals surface area contributed by atoms with E-state index in [0.29, 0.717) is 0 Å². The molecule has 0 unspecified atom stereocenters. The van der Waals surface area contributed by atoms with Gasteiger partial charge < -0.3 is 10.1 Å². The summed E-state index contributed by atoms with van der Waals surface area (Å²) in [6.07, 6.45) is 0. The minimum atomic E-state index is 0.172. The first-order valence-electron chi connectivity index (χ1n) is 7.28. The summed E-state index contributed by atoms with van der Waals surface area (Å²) in [7, 11) is 1.68. The molecule has 0 atom stereocenters. The van der Waals surface area contributed by atoms with Crippen LogP contribution in [0.4, 0.5) is 10.8 Å². The molecule has 1 N–H and O–H groups in total. The molecule has 2 aromatic carbocycles. The largest absolute Gasteiger partial charge is 0.497 e. The van der Waals surface area contributed by atoms with Crippen LogP contribution in [0.1, 0.15) is 26.3 Å². The number of benzene rings is 2. The van der Waals surface area contributed by atoms with Gasteiger partial charge in [0.2, 0.25) is 0 Å². The number of nitrogens with one attached hydrogen (secondary N) is 1. The van der Waals surface area contributed by atoms with Crippen molar-refractivity contribution in [3.63, 3.8) is 0 Å². The Morgan fingerprint density at radius 2 is 1.77 bits per heavy atom. The number of anilines is 2. The summed E-state index contributed by atoms with van der Waals surface area (Å²) < 4.78 is 6.37. The van der Waals surface area contributed by atoms with Gasteiger partial charge in [-0.3, -0.25) is 0 Å². The first-order valence-corrected chi connectivity index (χ1v) is 8.09. The van der Waals surface area contributed by atoms with E-state index in [0.717, 1.165) is 26.8 Å². The predicted molar refractivity (Wildman–Crippen MR) is 94.6 cm³/mol. The van der Waals surface area contributed by atoms with E-state index in [4.69, 9.17) is 4.74 Å². The van der Waals surface area contributed by atoms with Crippen LogP contribution in [-0.2, 0) is 5.41 Å². The Morgan fingerprint density at radius 1 is 1.05 bits per heavy atom. The van der Waals surface area contributed by atoms with E-state index in [2.05, 4.69) is 55.3 Å². The Kier molecular flexibility index (Phi) is 3.79. The number of hydrogen-bond donors (Lipinski definition) is 1. The van der Waals surface area contributed by atoms with Crippen LogP contribution >= 0.6 is 11.3 Å². The van der Waals surface area contributed by atoms with Gasteiger partial charge in [-0.1, -0.05) is 44.2 Å². The van der Waals surface area contributed by atoms with Crippen molar-refractivity contribution in [3.8, 4) is 5.75 Å². The van der Waals surface area contributed by atoms with E-state index in [1.54, 1.807) is 18.4 Å². The van der Waals surface area contributed by atoms with Gasteiger partial charge in [0.15, 0.2) is 5.13 Å². The van der Waals surface area contributed by atoms with Crippen molar-refractivity contribution in [2.24, 2.45) is 0 Å². The summed E-state index contributed by atoms with van der Waals surface area (Å²) in [6, 6.07) is 14.5. The number of fused-ring (bicyclic) bond motifs is 1. The molecule has 114 valence electrons. The van der Waals surface area contributed by atoms with Crippen LogP contribution in [0.15, 0.2) is 42.5 Å². The van der Waals surface area contributed by atoms with Gasteiger partial charge in [-0.05, 0) is 41.3 Å². The standard InChI is InChI=1S/C18H20N2OS/c1-18(2,3)12-5-7-13(8-6-12)19-17-20-15-10-9-14(21-4)11-16(15)22-17/h5-11H,1-4H3,(H,19,20). The SMILES string of the molecule is COc1ccc2nc(Nc3ccc(C(C)(C)C)cc3)sc2c1. The van der Waals surface area contributed by atoms with Crippen LogP contribution in [0, 0.1) is 0 Å². The average molecular weight is 312 g/mol. The molecule has 0 aliphatic heterocycles. The lowest BCUT2D eigenvalue weighted by atomic mass is 9.87. The fourth-order valence-electron chi connectivity index (χ4n) is 2.26. The Balaban J connectivity index is 1.83. The number of nitrogens with zero attached hydrogens (tertiary/aromatic N) is 1. The van der Waals surface area contributed by atoms with E-state index >= 15 is 0 Å². The van der Waals surface area contributed by atoms with E-state index in [-0.39, 0.29) is 5.41 Å². The van der Waals surface area contributed by atoms with Crippen molar-refractivity contribution in [2.45, 2.75) is 26.2 Å². The van der Waals surface area contributed by atoms with Crippen molar-refractivity contribution < 1.29 is 4.74 Å². The first kappa shape index (κ1) is 14.9. The molecule has 1 heterocycles. The molecule has 0 aliphatic carbocycles. The summed E-state index contributed by atoms with van der Waals surface area (Å²) in [6.45, 7) is 6.66. The zero-order chi connectivity index (χ0) is 15.7. The molecule has 3 aromatic rings. The van der Waals surface area contributed by atoms with Crippen LogP contribution < -0.4 is 10.1 Å². The average Bonchev–Trinajstić information content (AvgIpc) is 2.88. The highest BCUT2D eigenvalue weighted by atomic mass is 32.1. The molecular weight excluding hydrogens is 292 g/mol. The van der Waals surface area contributed by atoms with Crippen LogP contribution in [0.5, 0.6) is 5.75 Å². The summed E-state index contributed by atoms with van der Waals surface area (Å²) in [4.78, 5) is 4.61. The van der Waals surface area contributed by atoms with Crippen molar-refractivity contribution >= 4 is 32.4 Å². The maximum Gasteiger partial charge on any atom is 0.188 e. The van der Waals surface area contributed by atoms with Crippen molar-refractivity contribution in [1.82, 2.24) is 4.98 Å². The number of hydrogen-bond acceptors (Lipinski definition) is 4. The van der Waals surface area contributed by atoms with Crippen molar-refractivity contribution in [1.29, 1.82) is 0 Å². The van der Waals surface area contributed by atoms with Crippen molar-refractivity contribution in [3.05, 3.63) is 48.0 Å². The Bertz CT molecular complexity index is 785. The lowest BCUT2D eigenvalue weighted by molar-refractivity contribution is 0.415. The number of ether oxygens (including phenoxy) is 1. The summed E-state index contributed by atoms with van der Waals surface area (Å²) in [5.41, 5.74) is 3.54. The Hall–Kier alpha value is -2.07. The number of rotatable bonds is 3. The fourth-order valence-corrected chi connectivity index (χ4v) is 3.18. The Labute approximate surface area is 135 Å². The van der Waals surface area contributed by atoms with Gasteiger partial charge in [0, 0.05) is 5.69 Å². The molecule has 22 heavy (non-hydrogen) atoms. The minimum absolute atomic E-state index is 0.172. The van der Waals surface area contributed by atoms with Gasteiger partial charge in [0.25, 0.3) is 0 Å². The third kappa shape index (κ3) is 3.07. The highest BCUT2D eigenvalue weighted by Crippen LogP contribution is 2.31. The van der Waals surface area contributed by atoms with Crippen LogP contribution in [-0.4, -0.2) is 12.1 Å². The van der Waals surface area contributed by atoms with E-state index in [9.17, 15) is 0 Å². The molecule has 3 rings (SSSR count). The third-order valence-electron chi connectivity index (χ3n) is 3.60. The minimum Gasteiger partial charge on any atom is -0.497 e. The third-order valence-corrected chi connectivity index (χ3v) is 4.53. The smallest absolute Gasteiger partial charge is 0.188 e. The lowest BCUT2D eigenvalue weighted by Crippen LogP contribution is -2.10. The van der Waals surface area contributed by atoms with E-state index < -0.39 is 0 Å². The van der Waals surface area contributed by atoms with Crippen LogP contribution in [0.3, 0.4) is 0 Å². The molecule has 1 aromatic heterocycles. The number of methoxy groups -OCH3 is 1. The van der Waals surface area contributed by atoms with Gasteiger partial charge in [-0.15, -0.1) is 0 Å². The van der Waals surface area contributed by atoms with Crippen LogP contribution in [0.25, 0.3) is 10.2 Å². The molecule has 0 amide bonds. The van der Waals surface area contributed by atoms with Gasteiger partial charge in [-0.25, -0.2) is 4.98 Å². The Morgan fingerprint density at radius 3 is 2.41 bits per heavy atom. The van der Waals surface area contributed by atoms with E-state index in [1.165, 1.54) is 5.56 Å². The normalized spacial score (nSPS) is 11.6. The second-order valence-electron chi connectivity index (χ2n) is 6.31. The molecule has 4 heteroatoms. The lowest BCUT2D eigenvalue weighted by Gasteiger charge is -2.19. The predicted octanol–water partition coefficient (Wildman–Crippen LogP) is 5.35. The highest BCUT2D eigenvalue weighted by Gasteiger charge is 2.13. The second kappa shape index (κ2) is 5.61. The number of aromatic nitrogens is 1. The van der Waals surface area contributed by atoms with Gasteiger partial charge in [0.1, 0.15) is 5.75 Å². The molecule has 0 fully saturated rings. The maximum atomic E-state index is 5.25. The van der Waals surface area contributed by atoms with Gasteiger partial charge >= 0.3 is 0 Å². The molecule has 0 radical (unpaired) electrons. The summed E-state index contributed by atoms with van der Waals surface area (Å²) in [5, 5.41) is 4.27. The molecule has 0 aliphatic rings. The topological polar surface area (TPSA) is 34.1 Å². The van der Waals surface area contributed by atoms with Gasteiger partial charge in [0.05, 0.1) is 17.3 Å². The number of thiazole rings is 1. The summed E-state index contributed by atoms with van der Waals surface area (Å²) in [5.74, 6) is 0.859. The molecule has 0 spiro atoms. The monoisotopic (exact) mass is 312 g/mol. The quantitative estimate of drug-likeness (QED) is 0.708. The highest BCUT2D eigenvalue weighted by molar-refractivity contribution is 7.22. The van der Waals surface area contributed by atoms with Crippen molar-refractivity contribution in [2.75, 3.05) is 12.4 Å². The zero-order valence-electron chi connectivity index (χ0n) is 13.3. The zero-order valence-corrected chi connectivity index (χ0v) is 14.1. The first-order chi connectivity index (χ1) is 10.5. The van der Waals surface area contributed by atoms with E-state index in [1.807, 2.05) is 18.2 Å². The molecule has 3 nitrogen and oxygen atoms in total. The molecule has 0 bridgehead atoms.